The molecule has 1 heterocycles. The van der Waals surface area contributed by atoms with E-state index in [0.29, 0.717) is 5.16 Å². The van der Waals surface area contributed by atoms with E-state index in [2.05, 4.69) is 22.4 Å². The summed E-state index contributed by atoms with van der Waals surface area (Å²) in [6, 6.07) is 0. The van der Waals surface area contributed by atoms with Gasteiger partial charge >= 0.3 is 5.97 Å². The van der Waals surface area contributed by atoms with Crippen LogP contribution in [0.1, 0.15) is 19.8 Å². The number of aryl methyl sites for hydroxylation is 1. The van der Waals surface area contributed by atoms with E-state index in [0.717, 1.165) is 31.1 Å². The molecule has 0 aromatic carbocycles. The van der Waals surface area contributed by atoms with Gasteiger partial charge in [-0.25, -0.2) is 4.68 Å². The number of thioether (sulfide) groups is 1. The van der Waals surface area contributed by atoms with E-state index < -0.39 is 5.97 Å². The van der Waals surface area contributed by atoms with Crippen LogP contribution in [0.2, 0.25) is 0 Å². The minimum Gasteiger partial charge on any atom is -0.481 e. The molecule has 0 spiro atoms. The van der Waals surface area contributed by atoms with Crippen LogP contribution in [0, 0.1) is 0 Å². The Bertz CT molecular complexity index is 302. The molecule has 0 unspecified atom stereocenters. The Morgan fingerprint density at radius 2 is 2.43 bits per heavy atom. The summed E-state index contributed by atoms with van der Waals surface area (Å²) in [6.45, 7) is 2.82. The zero-order valence-corrected chi connectivity index (χ0v) is 8.70. The molecule has 0 aliphatic rings. The van der Waals surface area contributed by atoms with Crippen molar-refractivity contribution in [3.05, 3.63) is 0 Å². The molecule has 1 aromatic rings. The Kier molecular flexibility index (Phi) is 4.37. The minimum atomic E-state index is -0.861. The lowest BCUT2D eigenvalue weighted by atomic mass is 10.3. The predicted molar refractivity (Wildman–Crippen MR) is 51.1 cm³/mol. The number of aliphatic carboxylic acids is 1. The first-order chi connectivity index (χ1) is 6.74. The van der Waals surface area contributed by atoms with Crippen LogP contribution in [-0.2, 0) is 11.3 Å². The van der Waals surface area contributed by atoms with Gasteiger partial charge in [-0.3, -0.25) is 4.79 Å². The topological polar surface area (TPSA) is 80.9 Å². The van der Waals surface area contributed by atoms with Crippen LogP contribution in [-0.4, -0.2) is 37.0 Å². The molecule has 0 atom stereocenters. The van der Waals surface area contributed by atoms with Crippen molar-refractivity contribution in [1.82, 2.24) is 20.2 Å². The first-order valence-electron chi connectivity index (χ1n) is 4.34. The molecule has 0 bridgehead atoms. The standard InChI is InChI=1S/C7H12N4O2S/c1-2-3-4-11-7(8-9-10-11)14-5-6(12)13/h2-5H2,1H3,(H,12,13). The number of nitrogens with zero attached hydrogens (tertiary/aromatic N) is 4. The first kappa shape index (κ1) is 11.0. The summed E-state index contributed by atoms with van der Waals surface area (Å²) in [6.07, 6.45) is 2.05. The van der Waals surface area contributed by atoms with Crippen LogP contribution in [0.25, 0.3) is 0 Å². The highest BCUT2D eigenvalue weighted by atomic mass is 32.2. The maximum Gasteiger partial charge on any atom is 0.313 e. The van der Waals surface area contributed by atoms with Crippen LogP contribution in [0.3, 0.4) is 0 Å². The third-order valence-corrected chi connectivity index (χ3v) is 2.49. The number of aromatic nitrogens is 4. The highest BCUT2D eigenvalue weighted by molar-refractivity contribution is 7.99. The van der Waals surface area contributed by atoms with Gasteiger partial charge in [-0.05, 0) is 16.8 Å². The molecular formula is C7H12N4O2S. The van der Waals surface area contributed by atoms with Gasteiger partial charge in [0.05, 0.1) is 5.75 Å². The number of hydrogen-bond donors (Lipinski definition) is 1. The van der Waals surface area contributed by atoms with Crippen LogP contribution in [0.5, 0.6) is 0 Å². The van der Waals surface area contributed by atoms with E-state index in [1.807, 2.05) is 0 Å². The molecule has 0 fully saturated rings. The Morgan fingerprint density at radius 1 is 1.64 bits per heavy atom. The average molecular weight is 216 g/mol. The highest BCUT2D eigenvalue weighted by Gasteiger charge is 2.07. The van der Waals surface area contributed by atoms with Crippen molar-refractivity contribution in [2.45, 2.75) is 31.5 Å². The highest BCUT2D eigenvalue weighted by Crippen LogP contribution is 2.13. The lowest BCUT2D eigenvalue weighted by molar-refractivity contribution is -0.133. The molecule has 0 amide bonds. The predicted octanol–water partition coefficient (Wildman–Crippen LogP) is 0.650. The monoisotopic (exact) mass is 216 g/mol. The molecule has 1 rings (SSSR count). The van der Waals surface area contributed by atoms with Crippen molar-refractivity contribution in [1.29, 1.82) is 0 Å². The second-order valence-electron chi connectivity index (χ2n) is 2.72. The van der Waals surface area contributed by atoms with Crippen molar-refractivity contribution in [2.24, 2.45) is 0 Å². The van der Waals surface area contributed by atoms with E-state index in [1.165, 1.54) is 0 Å². The fraction of sp³-hybridized carbons (Fsp3) is 0.714. The second-order valence-corrected chi connectivity index (χ2v) is 3.66. The van der Waals surface area contributed by atoms with Gasteiger partial charge in [0.25, 0.3) is 0 Å². The SMILES string of the molecule is CCCCn1nnnc1SCC(=O)O. The number of rotatable bonds is 6. The van der Waals surface area contributed by atoms with Crippen LogP contribution in [0.15, 0.2) is 5.16 Å². The molecule has 6 nitrogen and oxygen atoms in total. The molecule has 0 saturated heterocycles. The summed E-state index contributed by atoms with van der Waals surface area (Å²) in [5.41, 5.74) is 0. The summed E-state index contributed by atoms with van der Waals surface area (Å²) in [7, 11) is 0. The van der Waals surface area contributed by atoms with Crippen molar-refractivity contribution in [2.75, 3.05) is 5.75 Å². The summed E-state index contributed by atoms with van der Waals surface area (Å²) in [5, 5.41) is 20.1. The Balaban J connectivity index is 2.49. The number of carboxylic acids is 1. The number of tetrazole rings is 1. The van der Waals surface area contributed by atoms with Crippen molar-refractivity contribution in [3.63, 3.8) is 0 Å². The van der Waals surface area contributed by atoms with Crippen LogP contribution < -0.4 is 0 Å². The van der Waals surface area contributed by atoms with Gasteiger partial charge in [-0.1, -0.05) is 25.1 Å². The third-order valence-electron chi connectivity index (χ3n) is 1.55. The van der Waals surface area contributed by atoms with Crippen molar-refractivity contribution < 1.29 is 9.90 Å². The van der Waals surface area contributed by atoms with Gasteiger partial charge < -0.3 is 5.11 Å². The summed E-state index contributed by atoms with van der Waals surface area (Å²) in [5.74, 6) is -0.869. The van der Waals surface area contributed by atoms with E-state index in [4.69, 9.17) is 5.11 Å². The zero-order valence-electron chi connectivity index (χ0n) is 7.88. The van der Waals surface area contributed by atoms with E-state index >= 15 is 0 Å². The lowest BCUT2D eigenvalue weighted by Crippen LogP contribution is -2.04. The van der Waals surface area contributed by atoms with Crippen LogP contribution >= 0.6 is 11.8 Å². The van der Waals surface area contributed by atoms with Crippen molar-refractivity contribution in [3.8, 4) is 0 Å². The Labute approximate surface area is 85.7 Å². The molecule has 0 aliphatic carbocycles. The van der Waals surface area contributed by atoms with Crippen LogP contribution in [0.4, 0.5) is 0 Å². The van der Waals surface area contributed by atoms with Gasteiger partial charge in [-0.15, -0.1) is 5.10 Å². The average Bonchev–Trinajstić information content (AvgIpc) is 2.58. The molecule has 1 N–H and O–H groups in total. The molecule has 0 aliphatic heterocycles. The smallest absolute Gasteiger partial charge is 0.313 e. The van der Waals surface area contributed by atoms with Crippen molar-refractivity contribution >= 4 is 17.7 Å². The quantitative estimate of drug-likeness (QED) is 0.703. The summed E-state index contributed by atoms with van der Waals surface area (Å²) >= 11 is 1.14. The first-order valence-corrected chi connectivity index (χ1v) is 5.33. The molecule has 78 valence electrons. The van der Waals surface area contributed by atoms with Gasteiger partial charge in [0, 0.05) is 6.54 Å². The lowest BCUT2D eigenvalue weighted by Gasteiger charge is -2.00. The molecule has 14 heavy (non-hydrogen) atoms. The Hall–Kier alpha value is -1.11. The largest absolute Gasteiger partial charge is 0.481 e. The third kappa shape index (κ3) is 3.33. The Morgan fingerprint density at radius 3 is 3.07 bits per heavy atom. The number of unbranched alkanes of at least 4 members (excludes halogenated alkanes) is 1. The fourth-order valence-corrected chi connectivity index (χ4v) is 1.50. The van der Waals surface area contributed by atoms with Gasteiger partial charge in [0.15, 0.2) is 0 Å². The number of carbonyl (C=O) groups is 1. The number of carboxylic acid groups (broad SMARTS) is 1. The molecular weight excluding hydrogens is 204 g/mol. The maximum atomic E-state index is 10.3. The normalized spacial score (nSPS) is 10.4. The van der Waals surface area contributed by atoms with E-state index in [1.54, 1.807) is 4.68 Å². The van der Waals surface area contributed by atoms with Gasteiger partial charge in [0.2, 0.25) is 5.16 Å². The molecule has 7 heteroatoms. The second kappa shape index (κ2) is 5.58. The van der Waals surface area contributed by atoms with E-state index in [-0.39, 0.29) is 5.75 Å². The number of hydrogen-bond acceptors (Lipinski definition) is 5. The van der Waals surface area contributed by atoms with Gasteiger partial charge in [0.1, 0.15) is 0 Å². The summed E-state index contributed by atoms with van der Waals surface area (Å²) in [4.78, 5) is 10.3. The molecule has 0 saturated carbocycles. The maximum absolute atomic E-state index is 10.3. The molecule has 1 aromatic heterocycles. The molecule has 0 radical (unpaired) electrons. The summed E-state index contributed by atoms with van der Waals surface area (Å²) < 4.78 is 1.64. The minimum absolute atomic E-state index is 0.00744. The zero-order chi connectivity index (χ0) is 10.4. The van der Waals surface area contributed by atoms with E-state index in [9.17, 15) is 4.79 Å². The van der Waals surface area contributed by atoms with Gasteiger partial charge in [-0.2, -0.15) is 0 Å². The fourth-order valence-electron chi connectivity index (χ4n) is 0.874.